The maximum absolute atomic E-state index is 12.2. The summed E-state index contributed by atoms with van der Waals surface area (Å²) >= 11 is 6.01. The number of rotatable bonds is 5. The number of carbonyl (C=O) groups is 1. The fraction of sp³-hybridized carbons (Fsp3) is 0. The van der Waals surface area contributed by atoms with Crippen LogP contribution in [0.4, 0.5) is 0 Å². The molecule has 2 heterocycles. The van der Waals surface area contributed by atoms with Gasteiger partial charge in [-0.25, -0.2) is 4.68 Å². The van der Waals surface area contributed by atoms with Gasteiger partial charge in [0.05, 0.1) is 17.6 Å². The van der Waals surface area contributed by atoms with Gasteiger partial charge in [-0.15, -0.1) is 0 Å². The van der Waals surface area contributed by atoms with E-state index in [0.717, 1.165) is 22.5 Å². The number of hydrogen-bond acceptors (Lipinski definition) is 3. The molecule has 5 heteroatoms. The predicted octanol–water partition coefficient (Wildman–Crippen LogP) is 5.68. The number of nitrogens with zero attached hydrogens (tertiary/aromatic N) is 2. The normalized spacial score (nSPS) is 11.1. The van der Waals surface area contributed by atoms with E-state index in [1.54, 1.807) is 22.9 Å². The van der Waals surface area contributed by atoms with Crippen molar-refractivity contribution in [3.63, 3.8) is 0 Å². The molecule has 4 aromatic rings. The number of para-hydroxylation sites is 1. The molecular weight excluding hydrogens is 360 g/mol. The molecular formula is C22H15ClN2O2. The monoisotopic (exact) mass is 374 g/mol. The first-order chi connectivity index (χ1) is 13.2. The van der Waals surface area contributed by atoms with Crippen molar-refractivity contribution in [3.05, 3.63) is 102 Å². The summed E-state index contributed by atoms with van der Waals surface area (Å²) in [6, 6.07) is 20.6. The van der Waals surface area contributed by atoms with Crippen LogP contribution in [0.2, 0.25) is 5.02 Å². The van der Waals surface area contributed by atoms with Gasteiger partial charge in [0, 0.05) is 22.3 Å². The highest BCUT2D eigenvalue weighted by Gasteiger charge is 2.12. The Morgan fingerprint density at radius 1 is 1.00 bits per heavy atom. The number of aromatic nitrogens is 2. The Hall–Kier alpha value is -3.37. The lowest BCUT2D eigenvalue weighted by Gasteiger charge is -2.00. The maximum Gasteiger partial charge on any atom is 0.221 e. The van der Waals surface area contributed by atoms with Gasteiger partial charge in [-0.3, -0.25) is 4.79 Å². The SMILES string of the molecule is O=C(/C=C\c1cn(-c2ccccc2)nc1-c1ccc(Cl)cc1)c1ccco1. The molecule has 2 aromatic carbocycles. The molecule has 0 aliphatic heterocycles. The first-order valence-electron chi connectivity index (χ1n) is 8.38. The van der Waals surface area contributed by atoms with Crippen molar-refractivity contribution in [2.24, 2.45) is 0 Å². The Morgan fingerprint density at radius 2 is 1.78 bits per heavy atom. The van der Waals surface area contributed by atoms with E-state index in [0.29, 0.717) is 10.8 Å². The molecule has 0 aliphatic rings. The molecule has 4 rings (SSSR count). The number of benzene rings is 2. The molecule has 2 aromatic heterocycles. The van der Waals surface area contributed by atoms with Crippen molar-refractivity contribution in [1.82, 2.24) is 9.78 Å². The van der Waals surface area contributed by atoms with E-state index in [-0.39, 0.29) is 5.78 Å². The third-order valence-corrected chi connectivity index (χ3v) is 4.31. The van der Waals surface area contributed by atoms with Gasteiger partial charge < -0.3 is 4.42 Å². The zero-order valence-electron chi connectivity index (χ0n) is 14.2. The number of furan rings is 1. The van der Waals surface area contributed by atoms with E-state index in [4.69, 9.17) is 21.1 Å². The Labute approximate surface area is 161 Å². The van der Waals surface area contributed by atoms with Crippen LogP contribution in [0.15, 0.2) is 89.7 Å². The van der Waals surface area contributed by atoms with Crippen LogP contribution in [-0.2, 0) is 0 Å². The number of carbonyl (C=O) groups excluding carboxylic acids is 1. The van der Waals surface area contributed by atoms with Crippen molar-refractivity contribution >= 4 is 23.5 Å². The topological polar surface area (TPSA) is 48.0 Å². The van der Waals surface area contributed by atoms with Crippen molar-refractivity contribution in [2.45, 2.75) is 0 Å². The lowest BCUT2D eigenvalue weighted by Crippen LogP contribution is -1.93. The summed E-state index contributed by atoms with van der Waals surface area (Å²) in [5.41, 5.74) is 3.43. The van der Waals surface area contributed by atoms with Crippen LogP contribution in [0.1, 0.15) is 16.1 Å². The molecule has 0 unspecified atom stereocenters. The van der Waals surface area contributed by atoms with Gasteiger partial charge in [0.15, 0.2) is 5.76 Å². The van der Waals surface area contributed by atoms with Crippen LogP contribution < -0.4 is 0 Å². The second-order valence-electron chi connectivity index (χ2n) is 5.89. The van der Waals surface area contributed by atoms with E-state index < -0.39 is 0 Å². The number of ketones is 1. The van der Waals surface area contributed by atoms with Crippen molar-refractivity contribution < 1.29 is 9.21 Å². The average Bonchev–Trinajstić information content (AvgIpc) is 3.38. The van der Waals surface area contributed by atoms with E-state index in [1.165, 1.54) is 12.3 Å². The fourth-order valence-corrected chi connectivity index (χ4v) is 2.85. The molecule has 0 bridgehead atoms. The third kappa shape index (κ3) is 3.76. The molecule has 0 fully saturated rings. The lowest BCUT2D eigenvalue weighted by atomic mass is 10.1. The Morgan fingerprint density at radius 3 is 2.48 bits per heavy atom. The quantitative estimate of drug-likeness (QED) is 0.333. The molecule has 132 valence electrons. The van der Waals surface area contributed by atoms with Gasteiger partial charge in [-0.2, -0.15) is 5.10 Å². The van der Waals surface area contributed by atoms with Crippen molar-refractivity contribution in [1.29, 1.82) is 0 Å². The minimum atomic E-state index is -0.200. The largest absolute Gasteiger partial charge is 0.461 e. The summed E-state index contributed by atoms with van der Waals surface area (Å²) in [4.78, 5) is 12.2. The minimum absolute atomic E-state index is 0.200. The van der Waals surface area contributed by atoms with Crippen molar-refractivity contribution in [2.75, 3.05) is 0 Å². The molecule has 0 N–H and O–H groups in total. The van der Waals surface area contributed by atoms with E-state index in [2.05, 4.69) is 0 Å². The van der Waals surface area contributed by atoms with Crippen LogP contribution in [0.5, 0.6) is 0 Å². The molecule has 0 saturated heterocycles. The molecule has 0 amide bonds. The molecule has 27 heavy (non-hydrogen) atoms. The highest BCUT2D eigenvalue weighted by molar-refractivity contribution is 6.30. The third-order valence-electron chi connectivity index (χ3n) is 4.06. The fourth-order valence-electron chi connectivity index (χ4n) is 2.72. The van der Waals surface area contributed by atoms with Gasteiger partial charge in [0.25, 0.3) is 0 Å². The Bertz CT molecular complexity index is 1080. The van der Waals surface area contributed by atoms with E-state index in [9.17, 15) is 4.79 Å². The minimum Gasteiger partial charge on any atom is -0.461 e. The standard InChI is InChI=1S/C22H15ClN2O2/c23-18-11-8-16(9-12-18)22-17(10-13-20(26)21-7-4-14-27-21)15-25(24-22)19-5-2-1-3-6-19/h1-15H/b13-10-. The summed E-state index contributed by atoms with van der Waals surface area (Å²) in [5.74, 6) is 0.101. The van der Waals surface area contributed by atoms with Crippen LogP contribution in [0, 0.1) is 0 Å². The van der Waals surface area contributed by atoms with Crippen LogP contribution in [-0.4, -0.2) is 15.6 Å². The number of halogens is 1. The summed E-state index contributed by atoms with van der Waals surface area (Å²) in [6.45, 7) is 0. The van der Waals surface area contributed by atoms with Crippen LogP contribution in [0.25, 0.3) is 23.0 Å². The summed E-state index contributed by atoms with van der Waals surface area (Å²) in [7, 11) is 0. The highest BCUT2D eigenvalue weighted by Crippen LogP contribution is 2.26. The highest BCUT2D eigenvalue weighted by atomic mass is 35.5. The zero-order chi connectivity index (χ0) is 18.6. The summed E-state index contributed by atoms with van der Waals surface area (Å²) in [6.07, 6.45) is 6.62. The maximum atomic E-state index is 12.2. The first-order valence-corrected chi connectivity index (χ1v) is 8.75. The Balaban J connectivity index is 1.75. The van der Waals surface area contributed by atoms with E-state index >= 15 is 0 Å². The first kappa shape index (κ1) is 17.1. The second-order valence-corrected chi connectivity index (χ2v) is 6.33. The molecule has 4 nitrogen and oxygen atoms in total. The summed E-state index contributed by atoms with van der Waals surface area (Å²) in [5, 5.41) is 5.37. The Kier molecular flexibility index (Phi) is 4.73. The van der Waals surface area contributed by atoms with E-state index in [1.807, 2.05) is 60.8 Å². The zero-order valence-corrected chi connectivity index (χ0v) is 15.0. The molecule has 0 spiro atoms. The molecule has 0 saturated carbocycles. The average molecular weight is 375 g/mol. The molecule has 0 aliphatic carbocycles. The molecule has 0 radical (unpaired) electrons. The van der Waals surface area contributed by atoms with Crippen LogP contribution >= 0.6 is 11.6 Å². The molecule has 0 atom stereocenters. The van der Waals surface area contributed by atoms with Gasteiger partial charge in [-0.1, -0.05) is 41.9 Å². The van der Waals surface area contributed by atoms with Gasteiger partial charge in [0.2, 0.25) is 5.78 Å². The summed E-state index contributed by atoms with van der Waals surface area (Å²) < 4.78 is 6.94. The second kappa shape index (κ2) is 7.48. The number of allylic oxidation sites excluding steroid dienone is 1. The number of hydrogen-bond donors (Lipinski definition) is 0. The van der Waals surface area contributed by atoms with Gasteiger partial charge in [0.1, 0.15) is 0 Å². The van der Waals surface area contributed by atoms with Crippen molar-refractivity contribution in [3.8, 4) is 16.9 Å². The smallest absolute Gasteiger partial charge is 0.221 e. The lowest BCUT2D eigenvalue weighted by molar-refractivity contribution is 0.102. The van der Waals surface area contributed by atoms with Crippen LogP contribution in [0.3, 0.4) is 0 Å². The predicted molar refractivity (Wildman–Crippen MR) is 106 cm³/mol. The van der Waals surface area contributed by atoms with Gasteiger partial charge >= 0.3 is 0 Å². The van der Waals surface area contributed by atoms with Gasteiger partial charge in [-0.05, 0) is 48.6 Å².